The van der Waals surface area contributed by atoms with Crippen molar-refractivity contribution in [2.75, 3.05) is 0 Å². The first kappa shape index (κ1) is 19.5. The lowest BCUT2D eigenvalue weighted by atomic mass is 9.56. The third kappa shape index (κ3) is 2.88. The first-order chi connectivity index (χ1) is 14.9. The van der Waals surface area contributed by atoms with Crippen LogP contribution in [0.25, 0.3) is 17.1 Å². The molecule has 2 aromatic heterocycles. The Bertz CT molecular complexity index is 1220. The van der Waals surface area contributed by atoms with Gasteiger partial charge in [0.2, 0.25) is 0 Å². The van der Waals surface area contributed by atoms with E-state index in [1.54, 1.807) is 12.5 Å². The quantitative estimate of drug-likeness (QED) is 0.652. The molecular weight excluding hydrogens is 386 g/mol. The van der Waals surface area contributed by atoms with Gasteiger partial charge in [-0.15, -0.1) is 0 Å². The summed E-state index contributed by atoms with van der Waals surface area (Å²) < 4.78 is 2.04. The van der Waals surface area contributed by atoms with E-state index in [2.05, 4.69) is 54.2 Å². The first-order valence-electron chi connectivity index (χ1n) is 10.7. The summed E-state index contributed by atoms with van der Waals surface area (Å²) in [6.45, 7) is 6.34. The highest BCUT2D eigenvalue weighted by Gasteiger charge is 2.51. The average Bonchev–Trinajstić information content (AvgIpc) is 3.18. The number of rotatable bonds is 2. The van der Waals surface area contributed by atoms with Crippen LogP contribution in [-0.2, 0) is 11.8 Å². The minimum Gasteiger partial charge on any atom is -0.511 e. The van der Waals surface area contributed by atoms with Gasteiger partial charge in [-0.05, 0) is 50.3 Å². The normalized spacial score (nSPS) is 25.0. The summed E-state index contributed by atoms with van der Waals surface area (Å²) >= 11 is 0. The lowest BCUT2D eigenvalue weighted by Gasteiger charge is -2.47. The molecule has 0 bridgehead atoms. The predicted molar refractivity (Wildman–Crippen MR) is 118 cm³/mol. The summed E-state index contributed by atoms with van der Waals surface area (Å²) in [5.74, 6) is 0.424. The minimum atomic E-state index is -0.312. The molecule has 2 heterocycles. The van der Waals surface area contributed by atoms with Gasteiger partial charge in [0.1, 0.15) is 17.8 Å². The van der Waals surface area contributed by atoms with Crippen LogP contribution in [0.1, 0.15) is 43.5 Å². The van der Waals surface area contributed by atoms with Crippen LogP contribution < -0.4 is 0 Å². The van der Waals surface area contributed by atoms with Gasteiger partial charge < -0.3 is 5.11 Å². The van der Waals surface area contributed by atoms with Gasteiger partial charge in [-0.1, -0.05) is 31.5 Å². The smallest absolute Gasteiger partial charge is 0.116 e. The lowest BCUT2D eigenvalue weighted by Crippen LogP contribution is -2.45. The highest BCUT2D eigenvalue weighted by Crippen LogP contribution is 2.54. The summed E-state index contributed by atoms with van der Waals surface area (Å²) in [7, 11) is 0. The average molecular weight is 412 g/mol. The van der Waals surface area contributed by atoms with Crippen molar-refractivity contribution in [2.24, 2.45) is 11.8 Å². The van der Waals surface area contributed by atoms with Crippen molar-refractivity contribution in [1.29, 1.82) is 5.26 Å². The van der Waals surface area contributed by atoms with E-state index in [4.69, 9.17) is 5.10 Å². The van der Waals surface area contributed by atoms with Crippen molar-refractivity contribution >= 4 is 0 Å². The molecule has 1 N–H and O–H groups in total. The van der Waals surface area contributed by atoms with E-state index in [9.17, 15) is 10.4 Å². The fraction of sp³-hybridized carbons (Fsp3) is 0.360. The number of allylic oxidation sites excluding steroid dienone is 2. The van der Waals surface area contributed by atoms with Crippen molar-refractivity contribution in [1.82, 2.24) is 19.7 Å². The molecule has 0 aliphatic heterocycles. The molecule has 2 aliphatic carbocycles. The lowest BCUT2D eigenvalue weighted by molar-refractivity contribution is 0.134. The Hall–Kier alpha value is -3.46. The van der Waals surface area contributed by atoms with E-state index >= 15 is 0 Å². The van der Waals surface area contributed by atoms with Gasteiger partial charge in [-0.25, -0.2) is 14.6 Å². The minimum absolute atomic E-state index is 0.0644. The van der Waals surface area contributed by atoms with E-state index in [0.29, 0.717) is 12.0 Å². The van der Waals surface area contributed by atoms with Gasteiger partial charge in [0.25, 0.3) is 0 Å². The SMILES string of the molecule is Cc1ccc(-n2nc(-c3ccncn3)c3c2[C@]2(C)CC(C#N)=C(O)[C@H](C)[C@H]2CC3)cc1. The predicted octanol–water partition coefficient (Wildman–Crippen LogP) is 4.83. The maximum Gasteiger partial charge on any atom is 0.116 e. The number of benzene rings is 1. The van der Waals surface area contributed by atoms with Crippen LogP contribution >= 0.6 is 0 Å². The number of nitrogens with zero attached hydrogens (tertiary/aromatic N) is 5. The van der Waals surface area contributed by atoms with Gasteiger partial charge >= 0.3 is 0 Å². The maximum absolute atomic E-state index is 10.7. The van der Waals surface area contributed by atoms with E-state index in [1.165, 1.54) is 11.1 Å². The van der Waals surface area contributed by atoms with Gasteiger partial charge in [0, 0.05) is 23.1 Å². The van der Waals surface area contributed by atoms with Crippen molar-refractivity contribution in [3.8, 4) is 23.1 Å². The third-order valence-electron chi connectivity index (χ3n) is 7.17. The van der Waals surface area contributed by atoms with Crippen molar-refractivity contribution < 1.29 is 5.11 Å². The fourth-order valence-electron chi connectivity index (χ4n) is 5.61. The Morgan fingerprint density at radius 2 is 2.00 bits per heavy atom. The number of aliphatic hydroxyl groups is 1. The van der Waals surface area contributed by atoms with Crippen LogP contribution in [0.15, 0.2) is 54.2 Å². The number of hydrogen-bond donors (Lipinski definition) is 1. The highest BCUT2D eigenvalue weighted by molar-refractivity contribution is 5.63. The molecule has 0 radical (unpaired) electrons. The summed E-state index contributed by atoms with van der Waals surface area (Å²) in [6.07, 6.45) is 5.60. The number of hydrogen-bond acceptors (Lipinski definition) is 5. The number of fused-ring (bicyclic) bond motifs is 3. The monoisotopic (exact) mass is 411 g/mol. The number of aryl methyl sites for hydroxylation is 1. The molecule has 2 aliphatic rings. The third-order valence-corrected chi connectivity index (χ3v) is 7.17. The van der Waals surface area contributed by atoms with E-state index in [1.807, 2.05) is 17.7 Å². The molecule has 6 nitrogen and oxygen atoms in total. The highest BCUT2D eigenvalue weighted by atomic mass is 16.3. The molecule has 0 saturated heterocycles. The van der Waals surface area contributed by atoms with Crippen LogP contribution in [-0.4, -0.2) is 24.9 Å². The standard InChI is InChI=1S/C25H25N5O/c1-15-4-6-18(7-5-15)30-24-19(22(29-30)21-10-11-27-14-28-21)8-9-20-16(2)23(31)17(13-26)12-25(20,24)3/h4-7,10-11,14,16,20,31H,8-9,12H2,1-3H3/t16-,20-,25-/m1/s1. The molecule has 0 saturated carbocycles. The van der Waals surface area contributed by atoms with Crippen LogP contribution in [0.2, 0.25) is 0 Å². The Morgan fingerprint density at radius 3 is 2.68 bits per heavy atom. The van der Waals surface area contributed by atoms with E-state index in [-0.39, 0.29) is 23.0 Å². The molecular formula is C25H25N5O. The first-order valence-corrected chi connectivity index (χ1v) is 10.7. The Kier molecular flexibility index (Phi) is 4.44. The van der Waals surface area contributed by atoms with Crippen molar-refractivity contribution in [2.45, 2.75) is 45.4 Å². The Balaban J connectivity index is 1.78. The van der Waals surface area contributed by atoms with E-state index in [0.717, 1.165) is 35.6 Å². The molecule has 156 valence electrons. The summed E-state index contributed by atoms with van der Waals surface area (Å²) in [6, 6.07) is 12.5. The molecule has 6 heteroatoms. The molecule has 3 atom stereocenters. The second-order valence-electron chi connectivity index (χ2n) is 9.02. The van der Waals surface area contributed by atoms with Crippen LogP contribution in [0.5, 0.6) is 0 Å². The summed E-state index contributed by atoms with van der Waals surface area (Å²) in [5.41, 5.74) is 6.36. The van der Waals surface area contributed by atoms with Crippen LogP contribution in [0, 0.1) is 30.1 Å². The van der Waals surface area contributed by atoms with Gasteiger partial charge in [-0.3, -0.25) is 0 Å². The van der Waals surface area contributed by atoms with Crippen molar-refractivity contribution in [3.05, 3.63) is 71.0 Å². The van der Waals surface area contributed by atoms with E-state index < -0.39 is 0 Å². The molecule has 3 aromatic rings. The topological polar surface area (TPSA) is 87.6 Å². The summed E-state index contributed by atoms with van der Waals surface area (Å²) in [4.78, 5) is 8.53. The molecule has 31 heavy (non-hydrogen) atoms. The number of aliphatic hydroxyl groups excluding tert-OH is 1. The Labute approximate surface area is 181 Å². The van der Waals surface area contributed by atoms with Crippen molar-refractivity contribution in [3.63, 3.8) is 0 Å². The van der Waals surface area contributed by atoms with Crippen LogP contribution in [0.4, 0.5) is 0 Å². The molecule has 0 spiro atoms. The van der Waals surface area contributed by atoms with Crippen LogP contribution in [0.3, 0.4) is 0 Å². The molecule has 5 rings (SSSR count). The second-order valence-corrected chi connectivity index (χ2v) is 9.02. The Morgan fingerprint density at radius 1 is 1.23 bits per heavy atom. The van der Waals surface area contributed by atoms with Gasteiger partial charge in [0.15, 0.2) is 0 Å². The number of aromatic nitrogens is 4. The number of nitriles is 1. The second kappa shape index (κ2) is 7.05. The molecule has 1 aromatic carbocycles. The largest absolute Gasteiger partial charge is 0.511 e. The zero-order chi connectivity index (χ0) is 21.8. The fourth-order valence-corrected chi connectivity index (χ4v) is 5.61. The zero-order valence-corrected chi connectivity index (χ0v) is 18.0. The van der Waals surface area contributed by atoms with Gasteiger partial charge in [-0.2, -0.15) is 10.4 Å². The molecule has 0 fully saturated rings. The maximum atomic E-state index is 10.7. The van der Waals surface area contributed by atoms with Gasteiger partial charge in [0.05, 0.1) is 28.7 Å². The zero-order valence-electron chi connectivity index (χ0n) is 18.0. The molecule has 0 amide bonds. The molecule has 0 unspecified atom stereocenters. The summed E-state index contributed by atoms with van der Waals surface area (Å²) in [5, 5.41) is 25.4.